The monoisotopic (exact) mass is 359 g/mol. The lowest BCUT2D eigenvalue weighted by Crippen LogP contribution is -2.27. The van der Waals surface area contributed by atoms with Crippen LogP contribution in [0.15, 0.2) is 53.4 Å². The fourth-order valence-electron chi connectivity index (χ4n) is 2.68. The molecule has 1 aliphatic rings. The summed E-state index contributed by atoms with van der Waals surface area (Å²) < 4.78 is 13.0. The molecular formula is C19H18FNO3S. The number of nitrogens with one attached hydrogen (secondary N) is 1. The minimum Gasteiger partial charge on any atom is -0.480 e. The first-order valence-electron chi connectivity index (χ1n) is 8.00. The molecule has 1 unspecified atom stereocenters. The summed E-state index contributed by atoms with van der Waals surface area (Å²) in [6.07, 6.45) is 0.818. The Labute approximate surface area is 149 Å². The van der Waals surface area contributed by atoms with Gasteiger partial charge in [-0.1, -0.05) is 24.3 Å². The molecule has 0 saturated heterocycles. The normalized spacial score (nSPS) is 19.9. The molecule has 6 heteroatoms. The molecule has 2 N–H and O–H groups in total. The average molecular weight is 359 g/mol. The molecule has 0 spiro atoms. The third-order valence-corrected chi connectivity index (χ3v) is 5.35. The SMILES string of the molecule is CC(Sc1ccccc1C(=O)N[C@@H]1C[C@H]1c1ccc(F)cc1)C(=O)O. The van der Waals surface area contributed by atoms with Gasteiger partial charge in [0, 0.05) is 16.9 Å². The van der Waals surface area contributed by atoms with Crippen molar-refractivity contribution in [3.8, 4) is 0 Å². The zero-order valence-corrected chi connectivity index (χ0v) is 14.4. The number of thioether (sulfide) groups is 1. The van der Waals surface area contributed by atoms with Crippen molar-refractivity contribution < 1.29 is 19.1 Å². The molecule has 25 heavy (non-hydrogen) atoms. The van der Waals surface area contributed by atoms with Gasteiger partial charge in [-0.2, -0.15) is 0 Å². The highest BCUT2D eigenvalue weighted by Crippen LogP contribution is 2.41. The van der Waals surface area contributed by atoms with Gasteiger partial charge in [0.15, 0.2) is 0 Å². The summed E-state index contributed by atoms with van der Waals surface area (Å²) in [5.74, 6) is -1.21. The summed E-state index contributed by atoms with van der Waals surface area (Å²) >= 11 is 1.15. The average Bonchev–Trinajstić information content (AvgIpc) is 3.34. The van der Waals surface area contributed by atoms with E-state index in [0.717, 1.165) is 23.7 Å². The summed E-state index contributed by atoms with van der Waals surface area (Å²) in [5.41, 5.74) is 1.49. The van der Waals surface area contributed by atoms with Crippen molar-refractivity contribution in [2.45, 2.75) is 35.4 Å². The van der Waals surface area contributed by atoms with Gasteiger partial charge >= 0.3 is 5.97 Å². The van der Waals surface area contributed by atoms with Crippen molar-refractivity contribution in [1.82, 2.24) is 5.32 Å². The fraction of sp³-hybridized carbons (Fsp3) is 0.263. The molecule has 2 aromatic carbocycles. The van der Waals surface area contributed by atoms with Crippen molar-refractivity contribution in [3.63, 3.8) is 0 Å². The van der Waals surface area contributed by atoms with Crippen molar-refractivity contribution >= 4 is 23.6 Å². The first-order chi connectivity index (χ1) is 12.0. The molecule has 0 bridgehead atoms. The molecule has 2 aromatic rings. The van der Waals surface area contributed by atoms with Gasteiger partial charge in [-0.25, -0.2) is 4.39 Å². The van der Waals surface area contributed by atoms with Gasteiger partial charge in [0.05, 0.1) is 5.56 Å². The van der Waals surface area contributed by atoms with Gasteiger partial charge in [-0.05, 0) is 43.2 Å². The third kappa shape index (κ3) is 4.20. The summed E-state index contributed by atoms with van der Waals surface area (Å²) in [4.78, 5) is 24.3. The highest BCUT2D eigenvalue weighted by atomic mass is 32.2. The second-order valence-electron chi connectivity index (χ2n) is 6.07. The van der Waals surface area contributed by atoms with Gasteiger partial charge < -0.3 is 10.4 Å². The van der Waals surface area contributed by atoms with E-state index in [2.05, 4.69) is 5.32 Å². The molecule has 3 atom stereocenters. The van der Waals surface area contributed by atoms with Gasteiger partial charge in [0.25, 0.3) is 5.91 Å². The molecule has 0 aromatic heterocycles. The first kappa shape index (κ1) is 17.5. The van der Waals surface area contributed by atoms with Gasteiger partial charge in [-0.15, -0.1) is 11.8 Å². The van der Waals surface area contributed by atoms with Crippen LogP contribution in [0.3, 0.4) is 0 Å². The van der Waals surface area contributed by atoms with E-state index in [4.69, 9.17) is 5.11 Å². The van der Waals surface area contributed by atoms with Crippen molar-refractivity contribution in [1.29, 1.82) is 0 Å². The lowest BCUT2D eigenvalue weighted by atomic mass is 10.1. The quantitative estimate of drug-likeness (QED) is 0.772. The Morgan fingerprint density at radius 2 is 1.88 bits per heavy atom. The molecule has 1 aliphatic carbocycles. The van der Waals surface area contributed by atoms with Crippen LogP contribution in [0.4, 0.5) is 4.39 Å². The molecule has 1 amide bonds. The minimum absolute atomic E-state index is 0.0212. The van der Waals surface area contributed by atoms with Crippen LogP contribution < -0.4 is 5.32 Å². The summed E-state index contributed by atoms with van der Waals surface area (Å²) in [6.45, 7) is 1.59. The summed E-state index contributed by atoms with van der Waals surface area (Å²) in [5, 5.41) is 11.4. The van der Waals surface area contributed by atoms with E-state index in [-0.39, 0.29) is 23.7 Å². The number of amides is 1. The van der Waals surface area contributed by atoms with Crippen LogP contribution >= 0.6 is 11.8 Å². The van der Waals surface area contributed by atoms with E-state index in [0.29, 0.717) is 10.5 Å². The van der Waals surface area contributed by atoms with Crippen molar-refractivity contribution in [2.24, 2.45) is 0 Å². The minimum atomic E-state index is -0.918. The Kier molecular flexibility index (Phi) is 5.08. The number of hydrogen-bond acceptors (Lipinski definition) is 3. The number of aliphatic carboxylic acids is 1. The maximum atomic E-state index is 13.0. The number of benzene rings is 2. The molecule has 4 nitrogen and oxygen atoms in total. The highest BCUT2D eigenvalue weighted by molar-refractivity contribution is 8.00. The molecule has 1 saturated carbocycles. The molecular weight excluding hydrogens is 341 g/mol. The third-order valence-electron chi connectivity index (χ3n) is 4.19. The van der Waals surface area contributed by atoms with E-state index in [1.54, 1.807) is 43.3 Å². The van der Waals surface area contributed by atoms with Crippen LogP contribution in [-0.4, -0.2) is 28.3 Å². The van der Waals surface area contributed by atoms with Crippen molar-refractivity contribution in [3.05, 3.63) is 65.5 Å². The Balaban J connectivity index is 1.66. The maximum absolute atomic E-state index is 13.0. The maximum Gasteiger partial charge on any atom is 0.316 e. The van der Waals surface area contributed by atoms with Crippen LogP contribution in [0.1, 0.15) is 35.2 Å². The van der Waals surface area contributed by atoms with E-state index < -0.39 is 11.2 Å². The summed E-state index contributed by atoms with van der Waals surface area (Å²) in [6, 6.07) is 13.3. The molecule has 0 radical (unpaired) electrons. The van der Waals surface area contributed by atoms with E-state index in [1.807, 2.05) is 0 Å². The Morgan fingerprint density at radius 1 is 1.20 bits per heavy atom. The zero-order valence-electron chi connectivity index (χ0n) is 13.6. The van der Waals surface area contributed by atoms with Crippen LogP contribution in [0.2, 0.25) is 0 Å². The number of carboxylic acid groups (broad SMARTS) is 1. The lowest BCUT2D eigenvalue weighted by molar-refractivity contribution is -0.136. The molecule has 0 heterocycles. The zero-order chi connectivity index (χ0) is 18.0. The largest absolute Gasteiger partial charge is 0.480 e. The van der Waals surface area contributed by atoms with E-state index in [1.165, 1.54) is 12.1 Å². The molecule has 0 aliphatic heterocycles. The Morgan fingerprint density at radius 3 is 2.56 bits per heavy atom. The first-order valence-corrected chi connectivity index (χ1v) is 8.88. The smallest absolute Gasteiger partial charge is 0.316 e. The van der Waals surface area contributed by atoms with Gasteiger partial charge in [0.1, 0.15) is 11.1 Å². The molecule has 3 rings (SSSR count). The van der Waals surface area contributed by atoms with Crippen LogP contribution in [-0.2, 0) is 4.79 Å². The molecule has 130 valence electrons. The van der Waals surface area contributed by atoms with Gasteiger partial charge in [0.2, 0.25) is 0 Å². The number of carbonyl (C=O) groups excluding carboxylic acids is 1. The predicted octanol–water partition coefficient (Wildman–Crippen LogP) is 3.68. The summed E-state index contributed by atoms with van der Waals surface area (Å²) in [7, 11) is 0. The van der Waals surface area contributed by atoms with Crippen LogP contribution in [0.25, 0.3) is 0 Å². The number of rotatable bonds is 6. The van der Waals surface area contributed by atoms with E-state index >= 15 is 0 Å². The molecule has 1 fully saturated rings. The fourth-order valence-corrected chi connectivity index (χ4v) is 3.60. The number of halogens is 1. The highest BCUT2D eigenvalue weighted by Gasteiger charge is 2.39. The second-order valence-corrected chi connectivity index (χ2v) is 7.45. The van der Waals surface area contributed by atoms with Gasteiger partial charge in [-0.3, -0.25) is 9.59 Å². The van der Waals surface area contributed by atoms with E-state index in [9.17, 15) is 14.0 Å². The van der Waals surface area contributed by atoms with Crippen LogP contribution in [0.5, 0.6) is 0 Å². The Bertz CT molecular complexity index is 794. The second kappa shape index (κ2) is 7.27. The van der Waals surface area contributed by atoms with Crippen molar-refractivity contribution in [2.75, 3.05) is 0 Å². The number of carboxylic acids is 1. The lowest BCUT2D eigenvalue weighted by Gasteiger charge is -2.12. The predicted molar refractivity (Wildman–Crippen MR) is 94.4 cm³/mol. The topological polar surface area (TPSA) is 66.4 Å². The Hall–Kier alpha value is -2.34. The van der Waals surface area contributed by atoms with Crippen LogP contribution in [0, 0.1) is 5.82 Å². The number of hydrogen-bond donors (Lipinski definition) is 2. The number of carbonyl (C=O) groups is 2. The standard InChI is InChI=1S/C19H18FNO3S/c1-11(19(23)24)25-17-5-3-2-4-14(17)18(22)21-16-10-15(16)12-6-8-13(20)9-7-12/h2-9,11,15-16H,10H2,1H3,(H,21,22)(H,23,24)/t11?,15-,16+/m0/s1.